The Kier molecular flexibility index (Phi) is 7.54. The van der Waals surface area contributed by atoms with Gasteiger partial charge in [-0.05, 0) is 51.2 Å². The summed E-state index contributed by atoms with van der Waals surface area (Å²) >= 11 is 0. The molecule has 34 heavy (non-hydrogen) atoms. The number of hydrogen-bond acceptors (Lipinski definition) is 9. The molecule has 182 valence electrons. The van der Waals surface area contributed by atoms with Crippen molar-refractivity contribution < 1.29 is 18.8 Å². The fraction of sp³-hybridized carbons (Fsp3) is 0.583. The lowest BCUT2D eigenvalue weighted by atomic mass is 9.87. The van der Waals surface area contributed by atoms with E-state index >= 15 is 0 Å². The van der Waals surface area contributed by atoms with Gasteiger partial charge >= 0.3 is 5.97 Å². The van der Waals surface area contributed by atoms with Gasteiger partial charge in [-0.15, -0.1) is 5.10 Å². The highest BCUT2D eigenvalue weighted by Gasteiger charge is 2.29. The Hall–Kier alpha value is -3.30. The van der Waals surface area contributed by atoms with Crippen molar-refractivity contribution in [3.63, 3.8) is 0 Å². The number of nitrogens with zero attached hydrogens (tertiary/aromatic N) is 6. The van der Waals surface area contributed by atoms with Crippen molar-refractivity contribution in [3.05, 3.63) is 35.2 Å². The summed E-state index contributed by atoms with van der Waals surface area (Å²) in [7, 11) is 3.28. The molecule has 0 amide bonds. The quantitative estimate of drug-likeness (QED) is 0.434. The van der Waals surface area contributed by atoms with E-state index in [0.29, 0.717) is 41.7 Å². The lowest BCUT2D eigenvalue weighted by molar-refractivity contribution is -0.147. The SMILES string of the molecule is CCCCc1nc(Cc2c(-c3ccc(O[C@H]4CCC[C@H](C(=O)OC)C4)c(C)n3)nnn2C)no1. The van der Waals surface area contributed by atoms with Crippen LogP contribution >= 0.6 is 0 Å². The van der Waals surface area contributed by atoms with Crippen LogP contribution in [0.25, 0.3) is 11.4 Å². The van der Waals surface area contributed by atoms with Crippen molar-refractivity contribution in [3.8, 4) is 17.1 Å². The molecule has 0 unspecified atom stereocenters. The molecule has 10 nitrogen and oxygen atoms in total. The number of methoxy groups -OCH3 is 1. The average molecular weight is 469 g/mol. The number of hydrogen-bond donors (Lipinski definition) is 0. The summed E-state index contributed by atoms with van der Waals surface area (Å²) in [5.74, 6) is 1.70. The van der Waals surface area contributed by atoms with Crippen molar-refractivity contribution in [2.45, 2.75) is 71.3 Å². The maximum absolute atomic E-state index is 11.9. The molecule has 1 aliphatic carbocycles. The first kappa shape index (κ1) is 23.8. The summed E-state index contributed by atoms with van der Waals surface area (Å²) in [5.41, 5.74) is 3.01. The lowest BCUT2D eigenvalue weighted by Gasteiger charge is -2.28. The van der Waals surface area contributed by atoms with Crippen molar-refractivity contribution in [2.75, 3.05) is 7.11 Å². The maximum atomic E-state index is 11.9. The van der Waals surface area contributed by atoms with Crippen LogP contribution in [0.4, 0.5) is 0 Å². The Morgan fingerprint density at radius 3 is 2.88 bits per heavy atom. The maximum Gasteiger partial charge on any atom is 0.308 e. The second-order valence-corrected chi connectivity index (χ2v) is 8.80. The number of ether oxygens (including phenoxy) is 2. The molecule has 0 aromatic carbocycles. The second-order valence-electron chi connectivity index (χ2n) is 8.80. The summed E-state index contributed by atoms with van der Waals surface area (Å²) in [4.78, 5) is 21.2. The number of carbonyl (C=O) groups is 1. The van der Waals surface area contributed by atoms with E-state index < -0.39 is 0 Å². The summed E-state index contributed by atoms with van der Waals surface area (Å²) in [6, 6.07) is 3.80. The Morgan fingerprint density at radius 2 is 2.12 bits per heavy atom. The van der Waals surface area contributed by atoms with Gasteiger partial charge in [0.1, 0.15) is 11.4 Å². The van der Waals surface area contributed by atoms with Crippen LogP contribution in [0, 0.1) is 12.8 Å². The second kappa shape index (κ2) is 10.8. The smallest absolute Gasteiger partial charge is 0.308 e. The Bertz CT molecular complexity index is 1120. The number of aryl methyl sites for hydroxylation is 3. The minimum absolute atomic E-state index is 0.0311. The van der Waals surface area contributed by atoms with E-state index in [1.165, 1.54) is 7.11 Å². The topological polar surface area (TPSA) is 118 Å². The van der Waals surface area contributed by atoms with Gasteiger partial charge in [0, 0.05) is 13.5 Å². The van der Waals surface area contributed by atoms with Gasteiger partial charge in [-0.3, -0.25) is 9.48 Å². The molecular weight excluding hydrogens is 436 g/mol. The standard InChI is InChI=1S/C24H32N6O4/c1-5-6-10-22-26-21(28-34-22)14-19-23(27-29-30(19)3)18-11-12-20(15(2)25-18)33-17-9-7-8-16(13-17)24(31)32-4/h11-12,16-17H,5-10,13-14H2,1-4H3/t16-,17-/m0/s1. The highest BCUT2D eigenvalue weighted by atomic mass is 16.5. The molecule has 0 N–H and O–H groups in total. The predicted octanol–water partition coefficient (Wildman–Crippen LogP) is 3.61. The molecule has 2 atom stereocenters. The molecule has 1 fully saturated rings. The molecule has 0 spiro atoms. The Morgan fingerprint density at radius 1 is 1.26 bits per heavy atom. The van der Waals surface area contributed by atoms with Crippen molar-refractivity contribution in [1.29, 1.82) is 0 Å². The monoisotopic (exact) mass is 468 g/mol. The first-order valence-corrected chi connectivity index (χ1v) is 11.9. The summed E-state index contributed by atoms with van der Waals surface area (Å²) in [6.07, 6.45) is 6.64. The van der Waals surface area contributed by atoms with Crippen LogP contribution < -0.4 is 4.74 Å². The normalized spacial score (nSPS) is 18.1. The summed E-state index contributed by atoms with van der Waals surface area (Å²) < 4.78 is 18.2. The van der Waals surface area contributed by atoms with Gasteiger partial charge in [-0.25, -0.2) is 4.98 Å². The minimum atomic E-state index is -0.159. The Balaban J connectivity index is 1.48. The molecule has 3 aromatic heterocycles. The van der Waals surface area contributed by atoms with E-state index in [1.54, 1.807) is 4.68 Å². The van der Waals surface area contributed by atoms with Gasteiger partial charge in [0.25, 0.3) is 0 Å². The van der Waals surface area contributed by atoms with Gasteiger partial charge in [0.2, 0.25) is 5.89 Å². The zero-order chi connectivity index (χ0) is 24.1. The third-order valence-electron chi connectivity index (χ3n) is 6.26. The summed E-state index contributed by atoms with van der Waals surface area (Å²) in [5, 5.41) is 12.6. The molecule has 10 heteroatoms. The molecule has 3 aromatic rings. The van der Waals surface area contributed by atoms with Gasteiger partial charge in [-0.2, -0.15) is 4.98 Å². The number of aromatic nitrogens is 6. The van der Waals surface area contributed by atoms with Crippen LogP contribution in [0.2, 0.25) is 0 Å². The van der Waals surface area contributed by atoms with E-state index in [0.717, 1.165) is 49.9 Å². The zero-order valence-electron chi connectivity index (χ0n) is 20.3. The fourth-order valence-corrected chi connectivity index (χ4v) is 4.33. The van der Waals surface area contributed by atoms with Crippen LogP contribution in [-0.2, 0) is 29.4 Å². The molecular formula is C24H32N6O4. The predicted molar refractivity (Wildman–Crippen MR) is 123 cm³/mol. The Labute approximate surface area is 199 Å². The van der Waals surface area contributed by atoms with E-state index in [4.69, 9.17) is 19.0 Å². The van der Waals surface area contributed by atoms with E-state index in [9.17, 15) is 4.79 Å². The van der Waals surface area contributed by atoms with E-state index in [2.05, 4.69) is 27.4 Å². The molecule has 0 radical (unpaired) electrons. The van der Waals surface area contributed by atoms with Crippen LogP contribution in [0.1, 0.15) is 68.6 Å². The molecule has 1 aliphatic rings. The first-order valence-electron chi connectivity index (χ1n) is 11.9. The van der Waals surface area contributed by atoms with Crippen LogP contribution in [-0.4, -0.2) is 49.3 Å². The molecule has 4 rings (SSSR count). The number of unbranched alkanes of at least 4 members (excludes halogenated alkanes) is 1. The van der Waals surface area contributed by atoms with E-state index in [-0.39, 0.29) is 18.0 Å². The highest BCUT2D eigenvalue weighted by Crippen LogP contribution is 2.31. The summed E-state index contributed by atoms with van der Waals surface area (Å²) in [6.45, 7) is 4.04. The molecule has 3 heterocycles. The number of esters is 1. The van der Waals surface area contributed by atoms with E-state index in [1.807, 2.05) is 26.1 Å². The van der Waals surface area contributed by atoms with Crippen LogP contribution in [0.5, 0.6) is 5.75 Å². The average Bonchev–Trinajstić information content (AvgIpc) is 3.45. The van der Waals surface area contributed by atoms with Crippen LogP contribution in [0.15, 0.2) is 16.7 Å². The van der Waals surface area contributed by atoms with Gasteiger partial charge in [0.05, 0.1) is 42.6 Å². The molecule has 0 aliphatic heterocycles. The van der Waals surface area contributed by atoms with Crippen molar-refractivity contribution in [2.24, 2.45) is 13.0 Å². The molecule has 0 saturated heterocycles. The van der Waals surface area contributed by atoms with Crippen LogP contribution in [0.3, 0.4) is 0 Å². The van der Waals surface area contributed by atoms with Gasteiger partial charge in [0.15, 0.2) is 5.82 Å². The largest absolute Gasteiger partial charge is 0.489 e. The first-order chi connectivity index (χ1) is 16.5. The number of carbonyl (C=O) groups excluding carboxylic acids is 1. The molecule has 1 saturated carbocycles. The fourth-order valence-electron chi connectivity index (χ4n) is 4.33. The third-order valence-corrected chi connectivity index (χ3v) is 6.26. The molecule has 0 bridgehead atoms. The van der Waals surface area contributed by atoms with Gasteiger partial charge < -0.3 is 14.0 Å². The minimum Gasteiger partial charge on any atom is -0.489 e. The lowest BCUT2D eigenvalue weighted by Crippen LogP contribution is -2.30. The highest BCUT2D eigenvalue weighted by molar-refractivity contribution is 5.72. The zero-order valence-corrected chi connectivity index (χ0v) is 20.3. The third kappa shape index (κ3) is 5.43. The number of rotatable bonds is 9. The van der Waals surface area contributed by atoms with Crippen molar-refractivity contribution in [1.82, 2.24) is 30.1 Å². The van der Waals surface area contributed by atoms with Gasteiger partial charge in [-0.1, -0.05) is 23.7 Å². The number of pyridine rings is 1. The van der Waals surface area contributed by atoms with Crippen molar-refractivity contribution >= 4 is 5.97 Å².